The van der Waals surface area contributed by atoms with Crippen molar-refractivity contribution in [2.45, 2.75) is 45.8 Å². The molecule has 0 saturated heterocycles. The molecule has 0 aliphatic heterocycles. The van der Waals surface area contributed by atoms with Gasteiger partial charge in [-0.15, -0.1) is 0 Å². The molecule has 1 atom stereocenters. The minimum Gasteiger partial charge on any atom is -0.444 e. The molecule has 0 bridgehead atoms. The van der Waals surface area contributed by atoms with Crippen LogP contribution in [-0.2, 0) is 4.74 Å². The molecule has 0 radical (unpaired) electrons. The third-order valence-corrected chi connectivity index (χ3v) is 3.58. The lowest BCUT2D eigenvalue weighted by molar-refractivity contribution is 0.0297. The number of benzene rings is 1. The third-order valence-electron chi connectivity index (χ3n) is 3.27. The molecule has 0 aliphatic carbocycles. The van der Waals surface area contributed by atoms with Gasteiger partial charge in [0.25, 0.3) is 0 Å². The van der Waals surface area contributed by atoms with Crippen molar-refractivity contribution in [2.24, 2.45) is 0 Å². The van der Waals surface area contributed by atoms with Crippen molar-refractivity contribution in [1.82, 2.24) is 10.2 Å². The van der Waals surface area contributed by atoms with Crippen molar-refractivity contribution in [3.63, 3.8) is 0 Å². The molecule has 1 rings (SSSR count). The van der Waals surface area contributed by atoms with Crippen molar-refractivity contribution in [3.05, 3.63) is 34.6 Å². The van der Waals surface area contributed by atoms with Gasteiger partial charge in [-0.05, 0) is 58.4 Å². The van der Waals surface area contributed by atoms with E-state index in [1.807, 2.05) is 27.7 Å². The van der Waals surface area contributed by atoms with Crippen molar-refractivity contribution < 1.29 is 13.9 Å². The highest BCUT2D eigenvalue weighted by Gasteiger charge is 2.19. The number of hydrogen-bond acceptors (Lipinski definition) is 3. The molecule has 0 aliphatic rings. The van der Waals surface area contributed by atoms with E-state index < -0.39 is 11.4 Å². The van der Waals surface area contributed by atoms with Gasteiger partial charge in [0, 0.05) is 19.6 Å². The molecule has 0 aromatic heterocycles. The summed E-state index contributed by atoms with van der Waals surface area (Å²) in [6.07, 6.45) is 0.446. The van der Waals surface area contributed by atoms with Gasteiger partial charge in [0.1, 0.15) is 11.4 Å². The van der Waals surface area contributed by atoms with Crippen LogP contribution < -0.4 is 5.32 Å². The molecule has 6 heteroatoms. The van der Waals surface area contributed by atoms with E-state index in [1.54, 1.807) is 24.1 Å². The first-order valence-corrected chi connectivity index (χ1v) is 8.10. The Balaban J connectivity index is 2.33. The van der Waals surface area contributed by atoms with Crippen LogP contribution in [0.1, 0.15) is 45.7 Å². The minimum absolute atomic E-state index is 0.00796. The molecule has 0 fully saturated rings. The molecule has 0 saturated carbocycles. The van der Waals surface area contributed by atoms with Crippen LogP contribution in [0.25, 0.3) is 0 Å². The SMILES string of the molecule is CC(NCCCN(C)C(=O)OC(C)(C)C)c1ccc(Cl)c(F)c1. The minimum atomic E-state index is -0.489. The largest absolute Gasteiger partial charge is 0.444 e. The van der Waals surface area contributed by atoms with E-state index in [1.165, 1.54) is 6.07 Å². The Morgan fingerprint density at radius 2 is 2.09 bits per heavy atom. The number of nitrogens with one attached hydrogen (secondary N) is 1. The molecule has 1 N–H and O–H groups in total. The number of amides is 1. The fourth-order valence-electron chi connectivity index (χ4n) is 1.97. The second-order valence-corrected chi connectivity index (χ2v) is 7.01. The summed E-state index contributed by atoms with van der Waals surface area (Å²) in [6, 6.07) is 4.80. The summed E-state index contributed by atoms with van der Waals surface area (Å²) >= 11 is 5.68. The zero-order valence-corrected chi connectivity index (χ0v) is 15.2. The summed E-state index contributed by atoms with van der Waals surface area (Å²) < 4.78 is 18.7. The molecular weight excluding hydrogens is 319 g/mol. The van der Waals surface area contributed by atoms with E-state index in [9.17, 15) is 9.18 Å². The molecular formula is C17H26ClFN2O2. The maximum Gasteiger partial charge on any atom is 0.410 e. The second kappa shape index (κ2) is 8.50. The lowest BCUT2D eigenvalue weighted by Gasteiger charge is -2.24. The van der Waals surface area contributed by atoms with Crippen LogP contribution in [0, 0.1) is 5.82 Å². The highest BCUT2D eigenvalue weighted by molar-refractivity contribution is 6.30. The van der Waals surface area contributed by atoms with Crippen molar-refractivity contribution in [1.29, 1.82) is 0 Å². The number of hydrogen-bond donors (Lipinski definition) is 1. The van der Waals surface area contributed by atoms with Gasteiger partial charge in [-0.3, -0.25) is 0 Å². The summed E-state index contributed by atoms with van der Waals surface area (Å²) in [5, 5.41) is 3.42. The number of rotatable bonds is 6. The number of ether oxygens (including phenoxy) is 1. The number of nitrogens with zero attached hydrogens (tertiary/aromatic N) is 1. The van der Waals surface area contributed by atoms with Crippen LogP contribution in [-0.4, -0.2) is 36.7 Å². The zero-order chi connectivity index (χ0) is 17.6. The lowest BCUT2D eigenvalue weighted by Crippen LogP contribution is -2.35. The molecule has 1 amide bonds. The summed E-state index contributed by atoms with van der Waals surface area (Å²) in [7, 11) is 1.71. The van der Waals surface area contributed by atoms with Gasteiger partial charge in [-0.2, -0.15) is 0 Å². The highest BCUT2D eigenvalue weighted by Crippen LogP contribution is 2.20. The fourth-order valence-corrected chi connectivity index (χ4v) is 2.08. The molecule has 0 spiro atoms. The van der Waals surface area contributed by atoms with E-state index in [2.05, 4.69) is 5.32 Å². The monoisotopic (exact) mass is 344 g/mol. The normalized spacial score (nSPS) is 12.8. The fraction of sp³-hybridized carbons (Fsp3) is 0.588. The Morgan fingerprint density at radius 1 is 1.43 bits per heavy atom. The standard InChI is InChI=1S/C17H26ClFN2O2/c1-12(13-7-8-14(18)15(19)11-13)20-9-6-10-21(5)16(22)23-17(2,3)4/h7-8,11-12,20H,6,9-10H2,1-5H3. The summed E-state index contributed by atoms with van der Waals surface area (Å²) in [5.41, 5.74) is 0.351. The maximum atomic E-state index is 13.4. The van der Waals surface area contributed by atoms with Gasteiger partial charge in [0.15, 0.2) is 0 Å². The Hall–Kier alpha value is -1.33. The van der Waals surface area contributed by atoms with E-state index >= 15 is 0 Å². The topological polar surface area (TPSA) is 41.6 Å². The Labute approximate surface area is 142 Å². The van der Waals surface area contributed by atoms with Crippen LogP contribution in [0.2, 0.25) is 5.02 Å². The van der Waals surface area contributed by atoms with Crippen molar-refractivity contribution >= 4 is 17.7 Å². The quantitative estimate of drug-likeness (QED) is 0.778. The molecule has 23 heavy (non-hydrogen) atoms. The predicted octanol–water partition coefficient (Wildman–Crippen LogP) is 4.39. The number of carbonyl (C=O) groups excluding carboxylic acids is 1. The van der Waals surface area contributed by atoms with E-state index in [-0.39, 0.29) is 17.2 Å². The number of halogens is 2. The average Bonchev–Trinajstić information content (AvgIpc) is 2.44. The first-order valence-electron chi connectivity index (χ1n) is 7.72. The molecule has 130 valence electrons. The van der Waals surface area contributed by atoms with E-state index in [4.69, 9.17) is 16.3 Å². The van der Waals surface area contributed by atoms with Gasteiger partial charge in [0.2, 0.25) is 0 Å². The highest BCUT2D eigenvalue weighted by atomic mass is 35.5. The Morgan fingerprint density at radius 3 is 2.65 bits per heavy atom. The Bertz CT molecular complexity index is 532. The maximum absolute atomic E-state index is 13.4. The van der Waals surface area contributed by atoms with Crippen LogP contribution in [0.15, 0.2) is 18.2 Å². The van der Waals surface area contributed by atoms with Crippen LogP contribution in [0.3, 0.4) is 0 Å². The van der Waals surface area contributed by atoms with Crippen LogP contribution >= 0.6 is 11.6 Å². The van der Waals surface area contributed by atoms with Crippen LogP contribution in [0.5, 0.6) is 0 Å². The molecule has 1 unspecified atom stereocenters. The predicted molar refractivity (Wildman–Crippen MR) is 91.3 cm³/mol. The molecule has 1 aromatic carbocycles. The third kappa shape index (κ3) is 7.18. The zero-order valence-electron chi connectivity index (χ0n) is 14.5. The van der Waals surface area contributed by atoms with Crippen molar-refractivity contribution in [3.8, 4) is 0 Å². The first kappa shape index (κ1) is 19.7. The molecule has 0 heterocycles. The van der Waals surface area contributed by atoms with Gasteiger partial charge in [-0.1, -0.05) is 17.7 Å². The average molecular weight is 345 g/mol. The first-order chi connectivity index (χ1) is 10.6. The van der Waals surface area contributed by atoms with Gasteiger partial charge in [-0.25, -0.2) is 9.18 Å². The second-order valence-electron chi connectivity index (χ2n) is 6.60. The van der Waals surface area contributed by atoms with E-state index in [0.717, 1.165) is 12.0 Å². The lowest BCUT2D eigenvalue weighted by atomic mass is 10.1. The van der Waals surface area contributed by atoms with Gasteiger partial charge < -0.3 is 15.0 Å². The van der Waals surface area contributed by atoms with Crippen LogP contribution in [0.4, 0.5) is 9.18 Å². The summed E-state index contributed by atoms with van der Waals surface area (Å²) in [4.78, 5) is 13.4. The van der Waals surface area contributed by atoms with Gasteiger partial charge in [0.05, 0.1) is 5.02 Å². The van der Waals surface area contributed by atoms with Gasteiger partial charge >= 0.3 is 6.09 Å². The molecule has 4 nitrogen and oxygen atoms in total. The summed E-state index contributed by atoms with van der Waals surface area (Å²) in [5.74, 6) is -0.414. The molecule has 1 aromatic rings. The smallest absolute Gasteiger partial charge is 0.410 e. The number of carbonyl (C=O) groups is 1. The Kier molecular flexibility index (Phi) is 7.29. The van der Waals surface area contributed by atoms with Crippen molar-refractivity contribution in [2.75, 3.05) is 20.1 Å². The van der Waals surface area contributed by atoms with E-state index in [0.29, 0.717) is 13.1 Å². The summed E-state index contributed by atoms with van der Waals surface area (Å²) in [6.45, 7) is 8.77.